The molecule has 1 aliphatic rings. The summed E-state index contributed by atoms with van der Waals surface area (Å²) in [5.41, 5.74) is 4.59. The van der Waals surface area contributed by atoms with E-state index >= 15 is 0 Å². The zero-order valence-corrected chi connectivity index (χ0v) is 17.3. The Morgan fingerprint density at radius 1 is 1.34 bits per heavy atom. The van der Waals surface area contributed by atoms with Crippen molar-refractivity contribution in [3.05, 3.63) is 46.5 Å². The smallest absolute Gasteiger partial charge is 0.223 e. The predicted molar refractivity (Wildman–Crippen MR) is 110 cm³/mol. The maximum absolute atomic E-state index is 13.3. The van der Waals surface area contributed by atoms with E-state index in [0.717, 1.165) is 37.1 Å². The molecule has 0 spiro atoms. The van der Waals surface area contributed by atoms with Crippen molar-refractivity contribution in [2.24, 2.45) is 13.0 Å². The molecule has 29 heavy (non-hydrogen) atoms. The van der Waals surface area contributed by atoms with Crippen molar-refractivity contribution < 1.29 is 9.18 Å². The molecule has 7 heteroatoms. The summed E-state index contributed by atoms with van der Waals surface area (Å²) >= 11 is 0. The minimum absolute atomic E-state index is 0.0147. The zero-order valence-electron chi connectivity index (χ0n) is 17.3. The highest BCUT2D eigenvalue weighted by Gasteiger charge is 2.26. The molecule has 0 bridgehead atoms. The molecular formula is C22H28FN5O. The lowest BCUT2D eigenvalue weighted by molar-refractivity contribution is -0.125. The van der Waals surface area contributed by atoms with Crippen molar-refractivity contribution in [1.29, 1.82) is 5.26 Å². The van der Waals surface area contributed by atoms with Gasteiger partial charge in [0, 0.05) is 38.3 Å². The van der Waals surface area contributed by atoms with Crippen LogP contribution in [0.15, 0.2) is 18.2 Å². The van der Waals surface area contributed by atoms with Crippen LogP contribution < -0.4 is 10.2 Å². The summed E-state index contributed by atoms with van der Waals surface area (Å²) in [6, 6.07) is 6.35. The first-order valence-electron chi connectivity index (χ1n) is 10.1. The highest BCUT2D eigenvalue weighted by atomic mass is 19.1. The van der Waals surface area contributed by atoms with Gasteiger partial charge in [-0.2, -0.15) is 10.4 Å². The number of nitriles is 1. The topological polar surface area (TPSA) is 74.0 Å². The molecule has 1 saturated heterocycles. The number of nitrogens with one attached hydrogen (secondary N) is 1. The molecule has 1 aromatic carbocycles. The summed E-state index contributed by atoms with van der Waals surface area (Å²) in [6.45, 7) is 6.12. The first kappa shape index (κ1) is 20.8. The van der Waals surface area contributed by atoms with Gasteiger partial charge in [-0.05, 0) is 63.3 Å². The van der Waals surface area contributed by atoms with Crippen LogP contribution >= 0.6 is 0 Å². The van der Waals surface area contributed by atoms with E-state index < -0.39 is 5.82 Å². The molecule has 2 heterocycles. The van der Waals surface area contributed by atoms with Crippen LogP contribution in [0.4, 0.5) is 10.1 Å². The maximum Gasteiger partial charge on any atom is 0.223 e. The van der Waals surface area contributed by atoms with Gasteiger partial charge >= 0.3 is 0 Å². The third kappa shape index (κ3) is 4.76. The van der Waals surface area contributed by atoms with Crippen LogP contribution in [-0.2, 0) is 18.3 Å². The molecule has 0 saturated carbocycles. The van der Waals surface area contributed by atoms with Gasteiger partial charge in [-0.3, -0.25) is 9.48 Å². The molecule has 0 aliphatic carbocycles. The molecule has 6 nitrogen and oxygen atoms in total. The van der Waals surface area contributed by atoms with Gasteiger partial charge in [0.2, 0.25) is 5.91 Å². The highest BCUT2D eigenvalue weighted by Crippen LogP contribution is 2.27. The van der Waals surface area contributed by atoms with Crippen molar-refractivity contribution in [3.8, 4) is 6.07 Å². The lowest BCUT2D eigenvalue weighted by Gasteiger charge is -2.33. The van der Waals surface area contributed by atoms with Gasteiger partial charge in [-0.25, -0.2) is 4.39 Å². The standard InChI is InChI=1S/C22H28FN5O/c1-15-20(16(2)27(3)26-15)5-4-10-25-22(29)17-8-11-28(12-9-17)21-7-6-19(23)13-18(21)14-24/h6-7,13,17H,4-5,8-12H2,1-3H3,(H,25,29). The second-order valence-corrected chi connectivity index (χ2v) is 7.70. The normalized spacial score (nSPS) is 14.7. The lowest BCUT2D eigenvalue weighted by atomic mass is 9.95. The van der Waals surface area contributed by atoms with Gasteiger partial charge in [-0.1, -0.05) is 0 Å². The Morgan fingerprint density at radius 3 is 2.69 bits per heavy atom. The molecule has 1 fully saturated rings. The van der Waals surface area contributed by atoms with E-state index in [1.807, 2.05) is 18.7 Å². The van der Waals surface area contributed by atoms with Crippen molar-refractivity contribution in [1.82, 2.24) is 15.1 Å². The summed E-state index contributed by atoms with van der Waals surface area (Å²) in [5.74, 6) is -0.320. The molecule has 1 amide bonds. The molecule has 0 atom stereocenters. The zero-order chi connectivity index (χ0) is 21.0. The van der Waals surface area contributed by atoms with Crippen LogP contribution in [0.3, 0.4) is 0 Å². The molecule has 1 N–H and O–H groups in total. The van der Waals surface area contributed by atoms with Gasteiger partial charge in [-0.15, -0.1) is 0 Å². The average Bonchev–Trinajstić information content (AvgIpc) is 2.96. The van der Waals surface area contributed by atoms with Gasteiger partial charge in [0.25, 0.3) is 0 Å². The first-order valence-corrected chi connectivity index (χ1v) is 10.1. The number of carbonyl (C=O) groups excluding carboxylic acids is 1. The van der Waals surface area contributed by atoms with Gasteiger partial charge in [0.1, 0.15) is 11.9 Å². The number of rotatable bonds is 6. The summed E-state index contributed by atoms with van der Waals surface area (Å²) < 4.78 is 15.2. The molecule has 0 radical (unpaired) electrons. The number of hydrogen-bond donors (Lipinski definition) is 1. The van der Waals surface area contributed by atoms with Crippen LogP contribution in [0, 0.1) is 36.9 Å². The molecule has 0 unspecified atom stereocenters. The van der Waals surface area contributed by atoms with E-state index in [1.165, 1.54) is 23.4 Å². The SMILES string of the molecule is Cc1nn(C)c(C)c1CCCNC(=O)C1CCN(c2ccc(F)cc2C#N)CC1. The number of halogens is 1. The van der Waals surface area contributed by atoms with Gasteiger partial charge in [0.05, 0.1) is 16.9 Å². The van der Waals surface area contributed by atoms with Crippen molar-refractivity contribution in [3.63, 3.8) is 0 Å². The molecule has 1 aliphatic heterocycles. The Bertz CT molecular complexity index is 922. The average molecular weight is 397 g/mol. The van der Waals surface area contributed by atoms with E-state index in [1.54, 1.807) is 6.07 Å². The van der Waals surface area contributed by atoms with Crippen LogP contribution in [0.1, 0.15) is 41.8 Å². The minimum atomic E-state index is -0.406. The fourth-order valence-corrected chi connectivity index (χ4v) is 4.06. The van der Waals surface area contributed by atoms with Gasteiger partial charge < -0.3 is 10.2 Å². The Balaban J connectivity index is 1.45. The molecule has 154 valence electrons. The number of piperidine rings is 1. The number of aromatic nitrogens is 2. The summed E-state index contributed by atoms with van der Waals surface area (Å²) in [6.07, 6.45) is 3.26. The lowest BCUT2D eigenvalue weighted by Crippen LogP contribution is -2.41. The monoisotopic (exact) mass is 397 g/mol. The van der Waals surface area contributed by atoms with E-state index in [-0.39, 0.29) is 11.8 Å². The summed E-state index contributed by atoms with van der Waals surface area (Å²) in [5, 5.41) is 16.7. The number of anilines is 1. The van der Waals surface area contributed by atoms with Crippen molar-refractivity contribution >= 4 is 11.6 Å². The second-order valence-electron chi connectivity index (χ2n) is 7.70. The first-order chi connectivity index (χ1) is 13.9. The van der Waals surface area contributed by atoms with Crippen molar-refractivity contribution in [2.75, 3.05) is 24.5 Å². The van der Waals surface area contributed by atoms with Crippen LogP contribution in [0.5, 0.6) is 0 Å². The number of hydrogen-bond acceptors (Lipinski definition) is 4. The molecule has 1 aromatic heterocycles. The fourth-order valence-electron chi connectivity index (χ4n) is 4.06. The van der Waals surface area contributed by atoms with Crippen molar-refractivity contribution in [2.45, 2.75) is 39.5 Å². The highest BCUT2D eigenvalue weighted by molar-refractivity contribution is 5.79. The Hall–Kier alpha value is -2.88. The molecular weight excluding hydrogens is 369 g/mol. The number of aryl methyl sites for hydroxylation is 2. The molecule has 2 aromatic rings. The Morgan fingerprint density at radius 2 is 2.07 bits per heavy atom. The van der Waals surface area contributed by atoms with E-state index in [0.29, 0.717) is 25.2 Å². The number of benzene rings is 1. The summed E-state index contributed by atoms with van der Waals surface area (Å²) in [7, 11) is 1.95. The molecule has 3 rings (SSSR count). The van der Waals surface area contributed by atoms with E-state index in [9.17, 15) is 14.4 Å². The van der Waals surface area contributed by atoms with E-state index in [4.69, 9.17) is 0 Å². The number of amides is 1. The Kier molecular flexibility index (Phi) is 6.53. The second kappa shape index (κ2) is 9.08. The number of nitrogens with zero attached hydrogens (tertiary/aromatic N) is 4. The number of carbonyl (C=O) groups is 1. The van der Waals surface area contributed by atoms with Crippen LogP contribution in [0.2, 0.25) is 0 Å². The maximum atomic E-state index is 13.3. The largest absolute Gasteiger partial charge is 0.370 e. The minimum Gasteiger partial charge on any atom is -0.370 e. The van der Waals surface area contributed by atoms with Crippen LogP contribution in [0.25, 0.3) is 0 Å². The predicted octanol–water partition coefficient (Wildman–Crippen LogP) is 3.01. The summed E-state index contributed by atoms with van der Waals surface area (Å²) in [4.78, 5) is 14.6. The third-order valence-corrected chi connectivity index (χ3v) is 5.85. The quantitative estimate of drug-likeness (QED) is 0.761. The Labute approximate surface area is 171 Å². The van der Waals surface area contributed by atoms with Gasteiger partial charge in [0.15, 0.2) is 0 Å². The van der Waals surface area contributed by atoms with E-state index in [2.05, 4.69) is 28.3 Å². The fraction of sp³-hybridized carbons (Fsp3) is 0.500. The van der Waals surface area contributed by atoms with Crippen LogP contribution in [-0.4, -0.2) is 35.3 Å². The third-order valence-electron chi connectivity index (χ3n) is 5.85.